The number of hydrogen-bond acceptors (Lipinski definition) is 15. The van der Waals surface area contributed by atoms with E-state index < -0.39 is 97.5 Å². The van der Waals surface area contributed by atoms with Crippen LogP contribution in [0.2, 0.25) is 0 Å². The highest BCUT2D eigenvalue weighted by molar-refractivity contribution is 7.47. The van der Waals surface area contributed by atoms with Crippen LogP contribution in [-0.4, -0.2) is 96.7 Å². The molecule has 0 aliphatic carbocycles. The summed E-state index contributed by atoms with van der Waals surface area (Å²) in [7, 11) is -9.91. The van der Waals surface area contributed by atoms with Crippen molar-refractivity contribution in [3.63, 3.8) is 0 Å². The second-order valence-electron chi connectivity index (χ2n) is 28.0. The molecule has 0 aromatic rings. The minimum Gasteiger partial charge on any atom is -0.462 e. The average Bonchev–Trinajstić information content (AvgIpc) is 3.64. The van der Waals surface area contributed by atoms with Crippen LogP contribution in [0.25, 0.3) is 0 Å². The van der Waals surface area contributed by atoms with Gasteiger partial charge in [-0.2, -0.15) is 0 Å². The van der Waals surface area contributed by atoms with E-state index in [0.717, 1.165) is 114 Å². The average molecular weight is 1350 g/mol. The summed E-state index contributed by atoms with van der Waals surface area (Å²) in [6.45, 7) is 14.1. The Bertz CT molecular complexity index is 1820. The summed E-state index contributed by atoms with van der Waals surface area (Å²) in [6, 6.07) is 0. The van der Waals surface area contributed by atoms with Crippen molar-refractivity contribution in [2.75, 3.05) is 39.6 Å². The van der Waals surface area contributed by atoms with Gasteiger partial charge in [-0.15, -0.1) is 0 Å². The van der Waals surface area contributed by atoms with Crippen molar-refractivity contribution in [2.45, 2.75) is 382 Å². The maximum Gasteiger partial charge on any atom is 0.472 e. The van der Waals surface area contributed by atoms with Crippen LogP contribution >= 0.6 is 15.6 Å². The molecule has 0 aliphatic heterocycles. The van der Waals surface area contributed by atoms with Gasteiger partial charge in [-0.25, -0.2) is 9.13 Å². The van der Waals surface area contributed by atoms with Crippen molar-refractivity contribution in [3.8, 4) is 0 Å². The van der Waals surface area contributed by atoms with Gasteiger partial charge < -0.3 is 33.8 Å². The number of carbonyl (C=O) groups excluding carboxylic acids is 4. The first-order valence-electron chi connectivity index (χ1n) is 37.7. The number of unbranched alkanes of at least 4 members (excludes halogenated alkanes) is 35. The van der Waals surface area contributed by atoms with Crippen molar-refractivity contribution in [1.29, 1.82) is 0 Å². The molecule has 92 heavy (non-hydrogen) atoms. The predicted octanol–water partition coefficient (Wildman–Crippen LogP) is 20.9. The number of aliphatic hydroxyl groups is 1. The Morgan fingerprint density at radius 1 is 0.304 bits per heavy atom. The Morgan fingerprint density at radius 2 is 0.522 bits per heavy atom. The van der Waals surface area contributed by atoms with Gasteiger partial charge in [0.15, 0.2) is 12.2 Å². The van der Waals surface area contributed by atoms with Crippen molar-refractivity contribution in [1.82, 2.24) is 0 Å². The molecule has 546 valence electrons. The number of aliphatic hydroxyl groups excluding tert-OH is 1. The fraction of sp³-hybridized carbons (Fsp3) is 0.945. The Morgan fingerprint density at radius 3 is 0.772 bits per heavy atom. The molecule has 3 N–H and O–H groups in total. The lowest BCUT2D eigenvalue weighted by atomic mass is 10.00. The van der Waals surface area contributed by atoms with Crippen molar-refractivity contribution in [3.05, 3.63) is 0 Å². The van der Waals surface area contributed by atoms with Gasteiger partial charge in [0.2, 0.25) is 0 Å². The molecule has 0 aromatic carbocycles. The standard InChI is InChI=1S/C73H142O17P2/c1-9-66(8)52-44-36-31-32-40-48-56-73(78)90-69(60-84-71(76)54-46-38-30-24-27-35-43-51-65(6)7)62-88-92(81,82)86-58-67(74)57-85-91(79,80)87-61-68(89-72(77)55-47-39-29-23-19-15-14-17-21-26-34-42-50-64(4)5)59-83-70(75)53-45-37-28-22-18-13-11-10-12-16-20-25-33-41-49-63(2)3/h63-69,74H,9-62H2,1-8H3,(H,79,80)(H,81,82)/t66?,67?,68-,69-/m1/s1. The summed E-state index contributed by atoms with van der Waals surface area (Å²) in [5.41, 5.74) is 0. The topological polar surface area (TPSA) is 237 Å². The van der Waals surface area contributed by atoms with Crippen LogP contribution in [0.5, 0.6) is 0 Å². The van der Waals surface area contributed by atoms with Gasteiger partial charge in [-0.05, 0) is 49.4 Å². The number of hydrogen-bond donors (Lipinski definition) is 3. The molecule has 4 unspecified atom stereocenters. The molecule has 0 bridgehead atoms. The summed E-state index contributed by atoms with van der Waals surface area (Å²) in [5.74, 6) is 0.873. The predicted molar refractivity (Wildman–Crippen MR) is 372 cm³/mol. The SMILES string of the molecule is CCC(C)CCCCCCCCC(=O)O[C@H](COC(=O)CCCCCCCCCC(C)C)COP(=O)(O)OCC(O)COP(=O)(O)OC[C@@H](COC(=O)CCCCCCCCCCCCCCCCC(C)C)OC(=O)CCCCCCCCCCCCCCC(C)C. The second-order valence-corrected chi connectivity index (χ2v) is 30.9. The Balaban J connectivity index is 5.24. The zero-order valence-corrected chi connectivity index (χ0v) is 62.0. The quantitative estimate of drug-likeness (QED) is 0.0222. The van der Waals surface area contributed by atoms with Gasteiger partial charge in [0.05, 0.1) is 26.4 Å². The van der Waals surface area contributed by atoms with E-state index in [1.165, 1.54) is 161 Å². The largest absolute Gasteiger partial charge is 0.472 e. The minimum absolute atomic E-state index is 0.102. The molecule has 19 heteroatoms. The highest BCUT2D eigenvalue weighted by Crippen LogP contribution is 2.45. The van der Waals surface area contributed by atoms with Crippen LogP contribution in [0.1, 0.15) is 364 Å². The lowest BCUT2D eigenvalue weighted by molar-refractivity contribution is -0.161. The van der Waals surface area contributed by atoms with Crippen LogP contribution in [0.3, 0.4) is 0 Å². The third-order valence-electron chi connectivity index (χ3n) is 17.2. The molecule has 0 saturated carbocycles. The van der Waals surface area contributed by atoms with Gasteiger partial charge in [-0.3, -0.25) is 37.3 Å². The normalized spacial score (nSPS) is 14.5. The summed E-state index contributed by atoms with van der Waals surface area (Å²) in [5, 5.41) is 10.6. The second kappa shape index (κ2) is 62.6. The van der Waals surface area contributed by atoms with Gasteiger partial charge in [-0.1, -0.05) is 312 Å². The van der Waals surface area contributed by atoms with E-state index in [-0.39, 0.29) is 25.7 Å². The first kappa shape index (κ1) is 90.1. The third kappa shape index (κ3) is 65.4. The number of rotatable bonds is 70. The van der Waals surface area contributed by atoms with Crippen LogP contribution < -0.4 is 0 Å². The van der Waals surface area contributed by atoms with Crippen LogP contribution in [0.4, 0.5) is 0 Å². The van der Waals surface area contributed by atoms with Crippen LogP contribution in [0, 0.1) is 23.7 Å². The molecule has 0 heterocycles. The smallest absolute Gasteiger partial charge is 0.462 e. The zero-order chi connectivity index (χ0) is 68.2. The zero-order valence-electron chi connectivity index (χ0n) is 60.2. The molecular weight excluding hydrogens is 1210 g/mol. The molecule has 6 atom stereocenters. The molecule has 0 rings (SSSR count). The molecule has 0 fully saturated rings. The summed E-state index contributed by atoms with van der Waals surface area (Å²) in [4.78, 5) is 72.6. The number of phosphoric acid groups is 2. The van der Waals surface area contributed by atoms with Gasteiger partial charge in [0.25, 0.3) is 0 Å². The maximum atomic E-state index is 13.1. The molecule has 0 aromatic heterocycles. The third-order valence-corrected chi connectivity index (χ3v) is 19.1. The Labute approximate surface area is 562 Å². The van der Waals surface area contributed by atoms with E-state index in [9.17, 15) is 43.2 Å². The Hall–Kier alpha value is -1.94. The minimum atomic E-state index is -4.96. The number of phosphoric ester groups is 2. The monoisotopic (exact) mass is 1350 g/mol. The fourth-order valence-corrected chi connectivity index (χ4v) is 12.6. The van der Waals surface area contributed by atoms with E-state index in [4.69, 9.17) is 37.0 Å². The highest BCUT2D eigenvalue weighted by Gasteiger charge is 2.30. The Kier molecular flexibility index (Phi) is 61.3. The molecule has 0 aliphatic rings. The summed E-state index contributed by atoms with van der Waals surface area (Å²) in [6.07, 6.45) is 45.9. The molecule has 0 amide bonds. The molecule has 0 radical (unpaired) electrons. The highest BCUT2D eigenvalue weighted by atomic mass is 31.2. The first-order chi connectivity index (χ1) is 44.1. The molecule has 17 nitrogen and oxygen atoms in total. The van der Waals surface area contributed by atoms with Crippen LogP contribution in [-0.2, 0) is 65.4 Å². The van der Waals surface area contributed by atoms with Crippen molar-refractivity contribution >= 4 is 39.5 Å². The number of carbonyl (C=O) groups is 4. The molecule has 0 saturated heterocycles. The van der Waals surface area contributed by atoms with E-state index in [1.807, 2.05) is 0 Å². The van der Waals surface area contributed by atoms with E-state index in [0.29, 0.717) is 31.6 Å². The van der Waals surface area contributed by atoms with E-state index >= 15 is 0 Å². The van der Waals surface area contributed by atoms with Crippen LogP contribution in [0.15, 0.2) is 0 Å². The molecular formula is C73H142O17P2. The summed E-state index contributed by atoms with van der Waals surface area (Å²) >= 11 is 0. The van der Waals surface area contributed by atoms with Crippen molar-refractivity contribution < 1.29 is 80.2 Å². The van der Waals surface area contributed by atoms with Gasteiger partial charge >= 0.3 is 39.5 Å². The molecule has 0 spiro atoms. The van der Waals surface area contributed by atoms with Crippen molar-refractivity contribution in [2.24, 2.45) is 23.7 Å². The van der Waals surface area contributed by atoms with Gasteiger partial charge in [0, 0.05) is 25.7 Å². The number of ether oxygens (including phenoxy) is 4. The lowest BCUT2D eigenvalue weighted by Gasteiger charge is -2.21. The first-order valence-corrected chi connectivity index (χ1v) is 40.7. The van der Waals surface area contributed by atoms with E-state index in [2.05, 4.69) is 55.4 Å². The summed E-state index contributed by atoms with van der Waals surface area (Å²) < 4.78 is 68.4. The fourth-order valence-electron chi connectivity index (χ4n) is 11.0. The number of esters is 4. The van der Waals surface area contributed by atoms with E-state index in [1.54, 1.807) is 0 Å². The maximum absolute atomic E-state index is 13.1. The van der Waals surface area contributed by atoms with Gasteiger partial charge in [0.1, 0.15) is 19.3 Å². The lowest BCUT2D eigenvalue weighted by Crippen LogP contribution is -2.30.